The molecule has 0 saturated carbocycles. The molecule has 0 bridgehead atoms. The molecule has 176 valence electrons. The molecule has 5 aromatic rings. The fraction of sp³-hybridized carbons (Fsp3) is 0.100. The van der Waals surface area contributed by atoms with E-state index in [2.05, 4.69) is 0 Å². The van der Waals surface area contributed by atoms with Crippen molar-refractivity contribution in [3.05, 3.63) is 107 Å². The number of rotatable bonds is 3. The molecule has 1 atom stereocenters. The van der Waals surface area contributed by atoms with E-state index < -0.39 is 5.60 Å². The van der Waals surface area contributed by atoms with Crippen LogP contribution in [0.3, 0.4) is 0 Å². The Morgan fingerprint density at radius 2 is 1.50 bits per heavy atom. The maximum absolute atomic E-state index is 13.2. The van der Waals surface area contributed by atoms with E-state index >= 15 is 0 Å². The molecule has 0 amide bonds. The van der Waals surface area contributed by atoms with Gasteiger partial charge in [-0.2, -0.15) is 0 Å². The first-order valence-electron chi connectivity index (χ1n) is 11.6. The minimum atomic E-state index is -1.16. The Morgan fingerprint density at radius 3 is 2.25 bits per heavy atom. The zero-order valence-corrected chi connectivity index (χ0v) is 19.3. The van der Waals surface area contributed by atoms with E-state index in [0.717, 1.165) is 38.2 Å². The smallest absolute Gasteiger partial charge is 0.340 e. The summed E-state index contributed by atoms with van der Waals surface area (Å²) in [5, 5.41) is 13.5. The standard InChI is InChI=1S/C30H20O6/c1-33-16-34-20-9-11-22-18(15-20)7-13-26-28(22)35-27-21-10-8-19(31)14-17(21)6-12-25(27)30(26)24-5-3-2-4-23(24)29(32)36-30/h2-15,31H,16H2,1H3. The molecule has 0 saturated heterocycles. The van der Waals surface area contributed by atoms with Gasteiger partial charge in [0, 0.05) is 34.6 Å². The van der Waals surface area contributed by atoms with Gasteiger partial charge < -0.3 is 24.1 Å². The fourth-order valence-electron chi connectivity index (χ4n) is 5.42. The lowest BCUT2D eigenvalue weighted by atomic mass is 9.76. The number of carbonyl (C=O) groups is 1. The summed E-state index contributed by atoms with van der Waals surface area (Å²) in [7, 11) is 1.58. The molecule has 0 aliphatic carbocycles. The van der Waals surface area contributed by atoms with E-state index in [0.29, 0.717) is 22.8 Å². The molecule has 6 heteroatoms. The number of phenolic OH excluding ortho intramolecular Hbond substituents is 1. The van der Waals surface area contributed by atoms with Gasteiger partial charge in [0.15, 0.2) is 12.4 Å². The topological polar surface area (TPSA) is 74.2 Å². The highest BCUT2D eigenvalue weighted by Gasteiger charge is 2.54. The summed E-state index contributed by atoms with van der Waals surface area (Å²) in [6, 6.07) is 26.1. The molecule has 1 unspecified atom stereocenters. The van der Waals surface area contributed by atoms with E-state index in [9.17, 15) is 9.90 Å². The first-order chi connectivity index (χ1) is 17.6. The molecule has 7 rings (SSSR count). The molecule has 2 aliphatic rings. The molecule has 2 heterocycles. The molecule has 1 N–H and O–H groups in total. The van der Waals surface area contributed by atoms with Crippen LogP contribution in [0.1, 0.15) is 27.0 Å². The molecule has 5 aromatic carbocycles. The summed E-state index contributed by atoms with van der Waals surface area (Å²) in [6.45, 7) is 0.148. The van der Waals surface area contributed by atoms with E-state index in [4.69, 9.17) is 18.9 Å². The summed E-state index contributed by atoms with van der Waals surface area (Å²) in [5.74, 6) is 1.67. The molecular weight excluding hydrogens is 456 g/mol. The lowest BCUT2D eigenvalue weighted by Gasteiger charge is -2.37. The maximum Gasteiger partial charge on any atom is 0.340 e. The van der Waals surface area contributed by atoms with Crippen molar-refractivity contribution in [3.63, 3.8) is 0 Å². The van der Waals surface area contributed by atoms with Gasteiger partial charge in [-0.25, -0.2) is 4.79 Å². The zero-order chi connectivity index (χ0) is 24.4. The van der Waals surface area contributed by atoms with Crippen molar-refractivity contribution in [3.8, 4) is 23.0 Å². The Bertz CT molecular complexity index is 1720. The third-order valence-electron chi connectivity index (χ3n) is 6.97. The highest BCUT2D eigenvalue weighted by atomic mass is 16.7. The lowest BCUT2D eigenvalue weighted by molar-refractivity contribution is 0.0226. The molecule has 6 nitrogen and oxygen atoms in total. The van der Waals surface area contributed by atoms with Crippen LogP contribution in [0, 0.1) is 0 Å². The van der Waals surface area contributed by atoms with Crippen LogP contribution in [-0.4, -0.2) is 25.0 Å². The van der Waals surface area contributed by atoms with Crippen LogP contribution in [0.2, 0.25) is 0 Å². The Balaban J connectivity index is 1.56. The normalized spacial score (nSPS) is 17.4. The molecule has 0 fully saturated rings. The number of fused-ring (bicyclic) bond motifs is 10. The van der Waals surface area contributed by atoms with Gasteiger partial charge >= 0.3 is 5.97 Å². The number of hydrogen-bond acceptors (Lipinski definition) is 6. The van der Waals surface area contributed by atoms with Gasteiger partial charge in [-0.05, 0) is 65.4 Å². The average molecular weight is 476 g/mol. The van der Waals surface area contributed by atoms with Crippen LogP contribution in [-0.2, 0) is 15.1 Å². The van der Waals surface area contributed by atoms with Crippen molar-refractivity contribution < 1.29 is 28.8 Å². The Morgan fingerprint density at radius 1 is 0.806 bits per heavy atom. The number of hydrogen-bond donors (Lipinski definition) is 1. The van der Waals surface area contributed by atoms with E-state index in [1.54, 1.807) is 25.3 Å². The second-order valence-electron chi connectivity index (χ2n) is 8.94. The monoisotopic (exact) mass is 476 g/mol. The second-order valence-corrected chi connectivity index (χ2v) is 8.94. The quantitative estimate of drug-likeness (QED) is 0.245. The van der Waals surface area contributed by atoms with Crippen LogP contribution in [0.5, 0.6) is 23.0 Å². The largest absolute Gasteiger partial charge is 0.508 e. The predicted octanol–water partition coefficient (Wildman–Crippen LogP) is 6.25. The summed E-state index contributed by atoms with van der Waals surface area (Å²) in [4.78, 5) is 13.2. The SMILES string of the molecule is COCOc1ccc2c3c(ccc2c1)C1(OC(=O)c2ccccc21)c1ccc2cc(O)ccc2c1O3. The lowest BCUT2D eigenvalue weighted by Crippen LogP contribution is -2.33. The predicted molar refractivity (Wildman–Crippen MR) is 134 cm³/mol. The van der Waals surface area contributed by atoms with Crippen molar-refractivity contribution in [1.82, 2.24) is 0 Å². The third kappa shape index (κ3) is 2.73. The van der Waals surface area contributed by atoms with Gasteiger partial charge in [0.1, 0.15) is 23.0 Å². The molecular formula is C30H20O6. The van der Waals surface area contributed by atoms with Gasteiger partial charge in [-0.15, -0.1) is 0 Å². The highest BCUT2D eigenvalue weighted by molar-refractivity contribution is 6.01. The van der Waals surface area contributed by atoms with E-state index in [1.807, 2.05) is 66.7 Å². The molecule has 36 heavy (non-hydrogen) atoms. The van der Waals surface area contributed by atoms with Crippen molar-refractivity contribution in [1.29, 1.82) is 0 Å². The number of aromatic hydroxyl groups is 1. The van der Waals surface area contributed by atoms with Crippen molar-refractivity contribution in [2.75, 3.05) is 13.9 Å². The van der Waals surface area contributed by atoms with Gasteiger partial charge in [0.2, 0.25) is 0 Å². The average Bonchev–Trinajstić information content (AvgIpc) is 3.19. The van der Waals surface area contributed by atoms with Gasteiger partial charge in [0.25, 0.3) is 0 Å². The number of esters is 1. The van der Waals surface area contributed by atoms with Crippen LogP contribution in [0.4, 0.5) is 0 Å². The second kappa shape index (κ2) is 7.47. The van der Waals surface area contributed by atoms with Gasteiger partial charge in [0.05, 0.1) is 5.56 Å². The molecule has 0 radical (unpaired) electrons. The van der Waals surface area contributed by atoms with Crippen molar-refractivity contribution >= 4 is 27.5 Å². The minimum Gasteiger partial charge on any atom is -0.508 e. The summed E-state index contributed by atoms with van der Waals surface area (Å²) in [5.41, 5.74) is 1.64. The molecule has 1 spiro atoms. The number of methoxy groups -OCH3 is 1. The summed E-state index contributed by atoms with van der Waals surface area (Å²) in [6.07, 6.45) is 0. The minimum absolute atomic E-state index is 0.148. The fourth-order valence-corrected chi connectivity index (χ4v) is 5.42. The summed E-state index contributed by atoms with van der Waals surface area (Å²) < 4.78 is 23.6. The van der Waals surface area contributed by atoms with Gasteiger partial charge in [-0.1, -0.05) is 30.3 Å². The number of benzene rings is 5. The highest BCUT2D eigenvalue weighted by Crippen LogP contribution is 2.58. The Hall–Kier alpha value is -4.55. The van der Waals surface area contributed by atoms with E-state index in [-0.39, 0.29) is 18.5 Å². The third-order valence-corrected chi connectivity index (χ3v) is 6.97. The Labute approximate surface area is 206 Å². The van der Waals surface area contributed by atoms with Crippen LogP contribution >= 0.6 is 0 Å². The van der Waals surface area contributed by atoms with Crippen LogP contribution in [0.25, 0.3) is 21.5 Å². The van der Waals surface area contributed by atoms with Crippen molar-refractivity contribution in [2.24, 2.45) is 0 Å². The molecule has 0 aromatic heterocycles. The van der Waals surface area contributed by atoms with Crippen LogP contribution < -0.4 is 9.47 Å². The number of ether oxygens (including phenoxy) is 4. The van der Waals surface area contributed by atoms with Crippen LogP contribution in [0.15, 0.2) is 84.9 Å². The maximum atomic E-state index is 13.2. The van der Waals surface area contributed by atoms with Crippen molar-refractivity contribution in [2.45, 2.75) is 5.60 Å². The first kappa shape index (κ1) is 20.8. The van der Waals surface area contributed by atoms with Gasteiger partial charge in [-0.3, -0.25) is 0 Å². The summed E-state index contributed by atoms with van der Waals surface area (Å²) >= 11 is 0. The molecule has 2 aliphatic heterocycles. The Kier molecular flexibility index (Phi) is 4.32. The number of phenols is 1. The zero-order valence-electron chi connectivity index (χ0n) is 19.3. The first-order valence-corrected chi connectivity index (χ1v) is 11.6. The van der Waals surface area contributed by atoms with E-state index in [1.165, 1.54) is 0 Å². The number of carbonyl (C=O) groups excluding carboxylic acids is 1.